The summed E-state index contributed by atoms with van der Waals surface area (Å²) in [5, 5.41) is 3.86. The van der Waals surface area contributed by atoms with Gasteiger partial charge in [-0.2, -0.15) is 0 Å². The van der Waals surface area contributed by atoms with Gasteiger partial charge in [-0.3, -0.25) is 4.79 Å². The van der Waals surface area contributed by atoms with Gasteiger partial charge in [-0.15, -0.1) is 0 Å². The number of hydrogen-bond donors (Lipinski definition) is 1. The normalized spacial score (nSPS) is 10.6. The minimum atomic E-state index is -0.240. The molecule has 6 heteroatoms. The predicted molar refractivity (Wildman–Crippen MR) is 107 cm³/mol. The van der Waals surface area contributed by atoms with E-state index in [0.29, 0.717) is 12.2 Å². The van der Waals surface area contributed by atoms with Crippen LogP contribution < -0.4 is 10.1 Å². The number of aromatic nitrogens is 3. The third kappa shape index (κ3) is 3.81. The van der Waals surface area contributed by atoms with E-state index >= 15 is 0 Å². The van der Waals surface area contributed by atoms with E-state index in [1.54, 1.807) is 13.2 Å². The Morgan fingerprint density at radius 1 is 1.00 bits per heavy atom. The molecule has 0 bridgehead atoms. The van der Waals surface area contributed by atoms with Gasteiger partial charge in [0.15, 0.2) is 0 Å². The summed E-state index contributed by atoms with van der Waals surface area (Å²) in [5.41, 5.74) is 3.62. The first kappa shape index (κ1) is 17.6. The summed E-state index contributed by atoms with van der Waals surface area (Å²) >= 11 is 0. The number of rotatable bonds is 5. The Bertz CT molecular complexity index is 1130. The van der Waals surface area contributed by atoms with Crippen LogP contribution in [0, 0.1) is 0 Å². The summed E-state index contributed by atoms with van der Waals surface area (Å²) in [5.74, 6) is 0.545. The SMILES string of the molecule is COc1ccc(-c2cc(CNC(=O)c3ccc4ccccc4n3)ncn2)cc1. The fourth-order valence-electron chi connectivity index (χ4n) is 2.87. The molecule has 2 aromatic carbocycles. The van der Waals surface area contributed by atoms with Gasteiger partial charge >= 0.3 is 0 Å². The van der Waals surface area contributed by atoms with Crippen molar-refractivity contribution in [2.24, 2.45) is 0 Å². The fourth-order valence-corrected chi connectivity index (χ4v) is 2.87. The number of para-hydroxylation sites is 1. The lowest BCUT2D eigenvalue weighted by Gasteiger charge is -2.07. The highest BCUT2D eigenvalue weighted by Crippen LogP contribution is 2.20. The number of fused-ring (bicyclic) bond motifs is 1. The van der Waals surface area contributed by atoms with Crippen LogP contribution in [0.15, 0.2) is 73.1 Å². The van der Waals surface area contributed by atoms with Gasteiger partial charge in [-0.1, -0.05) is 24.3 Å². The van der Waals surface area contributed by atoms with Gasteiger partial charge in [0.2, 0.25) is 0 Å². The smallest absolute Gasteiger partial charge is 0.270 e. The summed E-state index contributed by atoms with van der Waals surface area (Å²) < 4.78 is 5.18. The maximum atomic E-state index is 12.5. The number of nitrogens with one attached hydrogen (secondary N) is 1. The fraction of sp³-hybridized carbons (Fsp3) is 0.0909. The van der Waals surface area contributed by atoms with E-state index in [0.717, 1.165) is 33.6 Å². The van der Waals surface area contributed by atoms with E-state index in [9.17, 15) is 4.79 Å². The lowest BCUT2D eigenvalue weighted by Crippen LogP contribution is -2.24. The molecule has 4 rings (SSSR count). The number of methoxy groups -OCH3 is 1. The molecule has 0 aliphatic rings. The molecule has 0 spiro atoms. The molecule has 0 aliphatic heterocycles. The van der Waals surface area contributed by atoms with E-state index in [1.165, 1.54) is 6.33 Å². The first-order valence-corrected chi connectivity index (χ1v) is 8.82. The van der Waals surface area contributed by atoms with Crippen molar-refractivity contribution in [3.63, 3.8) is 0 Å². The number of benzene rings is 2. The lowest BCUT2D eigenvalue weighted by molar-refractivity contribution is 0.0946. The van der Waals surface area contributed by atoms with Crippen molar-refractivity contribution >= 4 is 16.8 Å². The standard InChI is InChI=1S/C22H18N4O2/c1-28-18-9-6-16(7-10-18)21-12-17(24-14-25-21)13-23-22(27)20-11-8-15-4-2-3-5-19(15)26-20/h2-12,14H,13H2,1H3,(H,23,27). The molecule has 0 atom stereocenters. The van der Waals surface area contributed by atoms with Gasteiger partial charge in [0.1, 0.15) is 17.8 Å². The first-order chi connectivity index (χ1) is 13.7. The van der Waals surface area contributed by atoms with Gasteiger partial charge in [0, 0.05) is 10.9 Å². The highest BCUT2D eigenvalue weighted by atomic mass is 16.5. The molecular weight excluding hydrogens is 352 g/mol. The molecule has 0 radical (unpaired) electrons. The van der Waals surface area contributed by atoms with Crippen molar-refractivity contribution in [1.29, 1.82) is 0 Å². The molecule has 2 heterocycles. The van der Waals surface area contributed by atoms with Crippen LogP contribution in [-0.4, -0.2) is 28.0 Å². The summed E-state index contributed by atoms with van der Waals surface area (Å²) in [6.45, 7) is 0.291. The van der Waals surface area contributed by atoms with E-state index in [1.807, 2.05) is 60.7 Å². The Morgan fingerprint density at radius 2 is 1.82 bits per heavy atom. The molecular formula is C22H18N4O2. The molecule has 0 aliphatic carbocycles. The molecule has 1 N–H and O–H groups in total. The first-order valence-electron chi connectivity index (χ1n) is 8.82. The van der Waals surface area contributed by atoms with Gasteiger partial charge in [-0.25, -0.2) is 15.0 Å². The van der Waals surface area contributed by atoms with Gasteiger partial charge in [-0.05, 0) is 42.5 Å². The third-order valence-electron chi connectivity index (χ3n) is 4.37. The molecule has 138 valence electrons. The van der Waals surface area contributed by atoms with Gasteiger partial charge in [0.25, 0.3) is 5.91 Å². The quantitative estimate of drug-likeness (QED) is 0.580. The number of pyridine rings is 1. The van der Waals surface area contributed by atoms with E-state index in [2.05, 4.69) is 20.3 Å². The zero-order chi connectivity index (χ0) is 19.3. The van der Waals surface area contributed by atoms with Crippen LogP contribution in [0.25, 0.3) is 22.2 Å². The zero-order valence-electron chi connectivity index (χ0n) is 15.3. The molecule has 28 heavy (non-hydrogen) atoms. The number of hydrogen-bond acceptors (Lipinski definition) is 5. The molecule has 0 fully saturated rings. The topological polar surface area (TPSA) is 77.0 Å². The van der Waals surface area contributed by atoms with Crippen LogP contribution in [0.4, 0.5) is 0 Å². The number of carbonyl (C=O) groups excluding carboxylic acids is 1. The van der Waals surface area contributed by atoms with E-state index < -0.39 is 0 Å². The molecule has 0 unspecified atom stereocenters. The average molecular weight is 370 g/mol. The Hall–Kier alpha value is -3.80. The molecule has 1 amide bonds. The average Bonchev–Trinajstić information content (AvgIpc) is 2.77. The van der Waals surface area contributed by atoms with Gasteiger partial charge in [0.05, 0.1) is 30.6 Å². The van der Waals surface area contributed by atoms with Crippen molar-refractivity contribution in [3.05, 3.63) is 84.4 Å². The highest BCUT2D eigenvalue weighted by Gasteiger charge is 2.09. The largest absolute Gasteiger partial charge is 0.497 e. The maximum absolute atomic E-state index is 12.5. The van der Waals surface area contributed by atoms with Crippen LogP contribution in [0.1, 0.15) is 16.2 Å². The van der Waals surface area contributed by atoms with E-state index in [-0.39, 0.29) is 5.91 Å². The number of carbonyl (C=O) groups is 1. The number of ether oxygens (including phenoxy) is 1. The van der Waals surface area contributed by atoms with Gasteiger partial charge < -0.3 is 10.1 Å². The van der Waals surface area contributed by atoms with Crippen LogP contribution in [0.3, 0.4) is 0 Å². The Kier molecular flexibility index (Phi) is 4.93. The number of nitrogens with zero attached hydrogens (tertiary/aromatic N) is 3. The second-order valence-electron chi connectivity index (χ2n) is 6.19. The minimum absolute atomic E-state index is 0.240. The van der Waals surface area contributed by atoms with Crippen molar-refractivity contribution < 1.29 is 9.53 Å². The summed E-state index contributed by atoms with van der Waals surface area (Å²) in [4.78, 5) is 25.4. The summed E-state index contributed by atoms with van der Waals surface area (Å²) in [7, 11) is 1.63. The Morgan fingerprint density at radius 3 is 2.64 bits per heavy atom. The molecule has 0 saturated carbocycles. The monoisotopic (exact) mass is 370 g/mol. The Labute approximate surface area is 162 Å². The van der Waals surface area contributed by atoms with Crippen LogP contribution in [0.5, 0.6) is 5.75 Å². The van der Waals surface area contributed by atoms with Crippen molar-refractivity contribution in [1.82, 2.24) is 20.3 Å². The zero-order valence-corrected chi connectivity index (χ0v) is 15.3. The minimum Gasteiger partial charge on any atom is -0.497 e. The second-order valence-corrected chi connectivity index (χ2v) is 6.19. The molecule has 0 saturated heterocycles. The maximum Gasteiger partial charge on any atom is 0.270 e. The summed E-state index contributed by atoms with van der Waals surface area (Å²) in [6.07, 6.45) is 1.50. The van der Waals surface area contributed by atoms with E-state index in [4.69, 9.17) is 4.74 Å². The predicted octanol–water partition coefficient (Wildman–Crippen LogP) is 3.63. The van der Waals surface area contributed by atoms with Crippen LogP contribution in [0.2, 0.25) is 0 Å². The van der Waals surface area contributed by atoms with Crippen LogP contribution in [-0.2, 0) is 6.54 Å². The summed E-state index contributed by atoms with van der Waals surface area (Å²) in [6, 6.07) is 20.8. The van der Waals surface area contributed by atoms with Crippen molar-refractivity contribution in [3.8, 4) is 17.0 Å². The molecule has 4 aromatic rings. The second kappa shape index (κ2) is 7.84. The highest BCUT2D eigenvalue weighted by molar-refractivity contribution is 5.94. The lowest BCUT2D eigenvalue weighted by atomic mass is 10.1. The Balaban J connectivity index is 1.47. The van der Waals surface area contributed by atoms with Crippen molar-refractivity contribution in [2.45, 2.75) is 6.54 Å². The number of amides is 1. The molecule has 6 nitrogen and oxygen atoms in total. The van der Waals surface area contributed by atoms with Crippen LogP contribution >= 0.6 is 0 Å². The molecule has 2 aromatic heterocycles. The third-order valence-corrected chi connectivity index (χ3v) is 4.37. The van der Waals surface area contributed by atoms with Crippen molar-refractivity contribution in [2.75, 3.05) is 7.11 Å².